The molecular formula is C9H10ClNO4. The Morgan fingerprint density at radius 2 is 2.33 bits per heavy atom. The van der Waals surface area contributed by atoms with Crippen LogP contribution >= 0.6 is 11.6 Å². The minimum atomic E-state index is -0.652. The van der Waals surface area contributed by atoms with Crippen molar-refractivity contribution in [1.82, 2.24) is 0 Å². The number of aliphatic hydroxyl groups is 1. The Bertz CT molecular complexity index is 367. The molecule has 1 atom stereocenters. The van der Waals surface area contributed by atoms with E-state index in [9.17, 15) is 10.1 Å². The molecule has 0 aliphatic rings. The highest BCUT2D eigenvalue weighted by Crippen LogP contribution is 2.28. The maximum atomic E-state index is 10.5. The number of nitro groups is 1. The van der Waals surface area contributed by atoms with Crippen molar-refractivity contribution >= 4 is 17.3 Å². The number of benzene rings is 1. The molecule has 82 valence electrons. The van der Waals surface area contributed by atoms with E-state index in [0.29, 0.717) is 0 Å². The number of ether oxygens (including phenoxy) is 1. The summed E-state index contributed by atoms with van der Waals surface area (Å²) in [5.41, 5.74) is -0.0972. The van der Waals surface area contributed by atoms with Gasteiger partial charge in [0.15, 0.2) is 0 Å². The Kier molecular flexibility index (Phi) is 3.88. The summed E-state index contributed by atoms with van der Waals surface area (Å²) in [5, 5.41) is 19.7. The molecule has 0 aliphatic carbocycles. The minimum Gasteiger partial charge on any atom is -0.489 e. The van der Waals surface area contributed by atoms with E-state index in [4.69, 9.17) is 21.4 Å². The van der Waals surface area contributed by atoms with Crippen molar-refractivity contribution in [3.05, 3.63) is 33.3 Å². The van der Waals surface area contributed by atoms with E-state index in [1.165, 1.54) is 18.2 Å². The highest BCUT2D eigenvalue weighted by Gasteiger charge is 2.11. The number of hydrogen-bond donors (Lipinski definition) is 1. The SMILES string of the molecule is CC(O)COc1cc([N+](=O)[O-])ccc1Cl. The lowest BCUT2D eigenvalue weighted by molar-refractivity contribution is -0.384. The fraction of sp³-hybridized carbons (Fsp3) is 0.333. The molecule has 1 unspecified atom stereocenters. The number of nitrogens with zero attached hydrogens (tertiary/aromatic N) is 1. The van der Waals surface area contributed by atoms with Gasteiger partial charge in [0.25, 0.3) is 5.69 Å². The van der Waals surface area contributed by atoms with Crippen molar-refractivity contribution in [1.29, 1.82) is 0 Å². The van der Waals surface area contributed by atoms with E-state index in [2.05, 4.69) is 0 Å². The molecule has 5 nitrogen and oxygen atoms in total. The van der Waals surface area contributed by atoms with E-state index in [1.807, 2.05) is 0 Å². The third-order valence-electron chi connectivity index (χ3n) is 1.61. The van der Waals surface area contributed by atoms with E-state index in [1.54, 1.807) is 6.92 Å². The molecule has 0 heterocycles. The second kappa shape index (κ2) is 4.95. The van der Waals surface area contributed by atoms with Gasteiger partial charge >= 0.3 is 0 Å². The summed E-state index contributed by atoms with van der Waals surface area (Å²) in [6, 6.07) is 3.90. The molecule has 0 amide bonds. The van der Waals surface area contributed by atoms with Crippen LogP contribution < -0.4 is 4.74 Å². The van der Waals surface area contributed by atoms with Crippen molar-refractivity contribution in [3.8, 4) is 5.75 Å². The fourth-order valence-electron chi connectivity index (χ4n) is 0.927. The Morgan fingerprint density at radius 1 is 1.67 bits per heavy atom. The molecule has 6 heteroatoms. The Labute approximate surface area is 91.4 Å². The lowest BCUT2D eigenvalue weighted by Crippen LogP contribution is -2.13. The molecule has 0 fully saturated rings. The van der Waals surface area contributed by atoms with Crippen molar-refractivity contribution in [2.24, 2.45) is 0 Å². The number of hydrogen-bond acceptors (Lipinski definition) is 4. The van der Waals surface area contributed by atoms with Gasteiger partial charge in [-0.05, 0) is 13.0 Å². The van der Waals surface area contributed by atoms with Crippen LogP contribution in [0.4, 0.5) is 5.69 Å². The van der Waals surface area contributed by atoms with Gasteiger partial charge in [-0.25, -0.2) is 0 Å². The second-order valence-corrected chi connectivity index (χ2v) is 3.44. The third kappa shape index (κ3) is 3.38. The van der Waals surface area contributed by atoms with Gasteiger partial charge in [-0.2, -0.15) is 0 Å². The first-order valence-corrected chi connectivity index (χ1v) is 4.63. The lowest BCUT2D eigenvalue weighted by Gasteiger charge is -2.09. The number of halogens is 1. The summed E-state index contributed by atoms with van der Waals surface area (Å²) < 4.78 is 5.10. The maximum Gasteiger partial charge on any atom is 0.273 e. The first kappa shape index (κ1) is 11.7. The minimum absolute atomic E-state index is 0.0425. The highest BCUT2D eigenvalue weighted by atomic mass is 35.5. The molecule has 0 aromatic heterocycles. The van der Waals surface area contributed by atoms with Gasteiger partial charge in [-0.15, -0.1) is 0 Å². The Hall–Kier alpha value is -1.33. The number of nitro benzene ring substituents is 1. The zero-order valence-corrected chi connectivity index (χ0v) is 8.77. The second-order valence-electron chi connectivity index (χ2n) is 3.03. The topological polar surface area (TPSA) is 72.6 Å². The van der Waals surface area contributed by atoms with Crippen LogP contribution in [0.3, 0.4) is 0 Å². The average molecular weight is 232 g/mol. The third-order valence-corrected chi connectivity index (χ3v) is 1.92. The van der Waals surface area contributed by atoms with E-state index in [0.717, 1.165) is 0 Å². The monoisotopic (exact) mass is 231 g/mol. The van der Waals surface area contributed by atoms with Gasteiger partial charge in [-0.3, -0.25) is 10.1 Å². The Balaban J connectivity index is 2.85. The summed E-state index contributed by atoms with van der Waals surface area (Å²) in [6.07, 6.45) is -0.652. The normalized spacial score (nSPS) is 12.2. The van der Waals surface area contributed by atoms with Gasteiger partial charge in [0.05, 0.1) is 22.1 Å². The van der Waals surface area contributed by atoms with E-state index >= 15 is 0 Å². The number of non-ortho nitro benzene ring substituents is 1. The van der Waals surface area contributed by atoms with Crippen LogP contribution in [-0.2, 0) is 0 Å². The molecule has 0 radical (unpaired) electrons. The van der Waals surface area contributed by atoms with Crippen LogP contribution in [0.2, 0.25) is 5.02 Å². The van der Waals surface area contributed by atoms with Crippen molar-refractivity contribution < 1.29 is 14.8 Å². The summed E-state index contributed by atoms with van der Waals surface area (Å²) in [7, 11) is 0. The molecule has 1 aromatic rings. The molecule has 0 aliphatic heterocycles. The van der Waals surface area contributed by atoms with Gasteiger partial charge < -0.3 is 9.84 Å². The van der Waals surface area contributed by atoms with Crippen LogP contribution in [0.15, 0.2) is 18.2 Å². The van der Waals surface area contributed by atoms with Crippen molar-refractivity contribution in [2.75, 3.05) is 6.61 Å². The standard InChI is InChI=1S/C9H10ClNO4/c1-6(12)5-15-9-4-7(11(13)14)2-3-8(9)10/h2-4,6,12H,5H2,1H3. The highest BCUT2D eigenvalue weighted by molar-refractivity contribution is 6.32. The molecule has 0 saturated carbocycles. The number of rotatable bonds is 4. The lowest BCUT2D eigenvalue weighted by atomic mass is 10.3. The Morgan fingerprint density at radius 3 is 2.87 bits per heavy atom. The van der Waals surface area contributed by atoms with Crippen LogP contribution in [-0.4, -0.2) is 22.7 Å². The summed E-state index contributed by atoms with van der Waals surface area (Å²) in [6.45, 7) is 1.59. The first-order chi connectivity index (χ1) is 7.00. The van der Waals surface area contributed by atoms with Gasteiger partial charge in [0.1, 0.15) is 12.4 Å². The zero-order valence-electron chi connectivity index (χ0n) is 8.01. The molecule has 1 rings (SSSR count). The summed E-state index contributed by atoms with van der Waals surface area (Å²) >= 11 is 5.76. The smallest absolute Gasteiger partial charge is 0.273 e. The quantitative estimate of drug-likeness (QED) is 0.636. The van der Waals surface area contributed by atoms with Crippen molar-refractivity contribution in [3.63, 3.8) is 0 Å². The predicted molar refractivity (Wildman–Crippen MR) is 55.3 cm³/mol. The molecule has 0 bridgehead atoms. The van der Waals surface area contributed by atoms with Crippen LogP contribution in [0, 0.1) is 10.1 Å². The maximum absolute atomic E-state index is 10.5. The van der Waals surface area contributed by atoms with E-state index in [-0.39, 0.29) is 23.1 Å². The predicted octanol–water partition coefficient (Wildman–Crippen LogP) is 2.01. The molecule has 15 heavy (non-hydrogen) atoms. The van der Waals surface area contributed by atoms with Gasteiger partial charge in [0.2, 0.25) is 0 Å². The van der Waals surface area contributed by atoms with Crippen LogP contribution in [0.1, 0.15) is 6.92 Å². The molecular weight excluding hydrogens is 222 g/mol. The van der Waals surface area contributed by atoms with Gasteiger partial charge in [-0.1, -0.05) is 11.6 Å². The molecule has 1 aromatic carbocycles. The van der Waals surface area contributed by atoms with E-state index < -0.39 is 11.0 Å². The largest absolute Gasteiger partial charge is 0.489 e. The van der Waals surface area contributed by atoms with Crippen LogP contribution in [0.5, 0.6) is 5.75 Å². The average Bonchev–Trinajstić information content (AvgIpc) is 2.16. The number of aliphatic hydroxyl groups excluding tert-OH is 1. The fourth-order valence-corrected chi connectivity index (χ4v) is 1.10. The van der Waals surface area contributed by atoms with Crippen LogP contribution in [0.25, 0.3) is 0 Å². The summed E-state index contributed by atoms with van der Waals surface area (Å²) in [5.74, 6) is 0.201. The molecule has 0 saturated heterocycles. The van der Waals surface area contributed by atoms with Gasteiger partial charge in [0, 0.05) is 6.07 Å². The molecule has 1 N–H and O–H groups in total. The molecule has 0 spiro atoms. The first-order valence-electron chi connectivity index (χ1n) is 4.25. The summed E-state index contributed by atoms with van der Waals surface area (Å²) in [4.78, 5) is 9.92. The zero-order chi connectivity index (χ0) is 11.4. The van der Waals surface area contributed by atoms with Crippen molar-refractivity contribution in [2.45, 2.75) is 13.0 Å².